The predicted molar refractivity (Wildman–Crippen MR) is 173 cm³/mol. The molecule has 16 unspecified atom stereocenters. The third kappa shape index (κ3) is 4.24. The molecule has 4 saturated carbocycles. The maximum Gasteiger partial charge on any atom is 0.333 e. The van der Waals surface area contributed by atoms with Crippen molar-refractivity contribution in [2.45, 2.75) is 140 Å². The number of fused-ring (bicyclic) bond motifs is 5. The van der Waals surface area contributed by atoms with E-state index in [1.54, 1.807) is 46.8 Å². The highest BCUT2D eigenvalue weighted by molar-refractivity contribution is 5.88. The van der Waals surface area contributed by atoms with Crippen LogP contribution >= 0.6 is 0 Å². The van der Waals surface area contributed by atoms with Gasteiger partial charge in [0.25, 0.3) is 0 Å². The van der Waals surface area contributed by atoms with Gasteiger partial charge in [-0.25, -0.2) is 9.59 Å². The summed E-state index contributed by atoms with van der Waals surface area (Å²) in [6, 6.07) is -0.211. The number of ether oxygens (including phenoxy) is 3. The second kappa shape index (κ2) is 11.1. The lowest BCUT2D eigenvalue weighted by Gasteiger charge is -2.64. The fourth-order valence-corrected chi connectivity index (χ4v) is 12.3. The molecule has 5 N–H and O–H groups in total. The summed E-state index contributed by atoms with van der Waals surface area (Å²) in [5.74, 6) is -6.23. The zero-order valence-corrected chi connectivity index (χ0v) is 29.4. The van der Waals surface area contributed by atoms with Gasteiger partial charge in [0.15, 0.2) is 12.2 Å². The van der Waals surface area contributed by atoms with Gasteiger partial charge < -0.3 is 39.7 Å². The molecule has 0 amide bonds. The number of carbonyl (C=O) groups is 2. The van der Waals surface area contributed by atoms with Crippen molar-refractivity contribution >= 4 is 11.9 Å². The predicted octanol–water partition coefficient (Wildman–Crippen LogP) is 2.22. The van der Waals surface area contributed by atoms with E-state index in [1.165, 1.54) is 0 Å². The lowest BCUT2D eigenvalue weighted by molar-refractivity contribution is -0.298. The molecule has 3 saturated heterocycles. The fraction of sp³-hybridized carbons (Fsp3) is 0.838. The number of rotatable bonds is 4. The number of carbonyl (C=O) groups excluding carboxylic acids is 2. The minimum Gasteiger partial charge on any atom is -0.453 e. The summed E-state index contributed by atoms with van der Waals surface area (Å²) in [5, 5.41) is 62.6. The van der Waals surface area contributed by atoms with Crippen molar-refractivity contribution in [1.29, 1.82) is 0 Å². The van der Waals surface area contributed by atoms with Crippen LogP contribution < -0.4 is 0 Å². The van der Waals surface area contributed by atoms with E-state index in [2.05, 4.69) is 11.8 Å². The first-order valence-corrected chi connectivity index (χ1v) is 18.1. The summed E-state index contributed by atoms with van der Waals surface area (Å²) in [6.07, 6.45) is 0.976. The second-order valence-electron chi connectivity index (χ2n) is 17.0. The standard InChI is InChI=1S/C37H55NO10/c1-8-19(4)31(41)46-26-12-13-33(6)24-14-23(39)29-35(33,48-37(24,26)45)15-22-21-17-38-16-18(3)10-11-25(38)34(7,43)27(21)28(40)30(36(22,29)44)47-32(42)20(5)9-2/h8-9,18,21-30,39-40,43-45H,10-17H2,1-7H3. The van der Waals surface area contributed by atoms with Gasteiger partial charge in [-0.1, -0.05) is 26.0 Å². The number of allylic oxidation sites excluding steroid dienone is 2. The van der Waals surface area contributed by atoms with Crippen LogP contribution in [0.5, 0.6) is 0 Å². The van der Waals surface area contributed by atoms with Crippen LogP contribution in [0.15, 0.2) is 23.3 Å². The molecule has 7 rings (SSSR count). The molecule has 3 heterocycles. The first-order chi connectivity index (χ1) is 22.4. The topological polar surface area (TPSA) is 166 Å². The zero-order chi connectivity index (χ0) is 34.9. The third-order valence-electron chi connectivity index (χ3n) is 14.8. The van der Waals surface area contributed by atoms with Crippen LogP contribution in [-0.2, 0) is 23.8 Å². The Kier molecular flexibility index (Phi) is 7.97. The average molecular weight is 674 g/mol. The lowest BCUT2D eigenvalue weighted by atomic mass is 9.49. The van der Waals surface area contributed by atoms with Crippen LogP contribution in [0.1, 0.15) is 87.0 Å². The molecule has 11 nitrogen and oxygen atoms in total. The van der Waals surface area contributed by atoms with E-state index in [4.69, 9.17) is 14.2 Å². The van der Waals surface area contributed by atoms with Crippen molar-refractivity contribution in [3.63, 3.8) is 0 Å². The summed E-state index contributed by atoms with van der Waals surface area (Å²) in [4.78, 5) is 28.7. The van der Waals surface area contributed by atoms with E-state index in [9.17, 15) is 35.1 Å². The number of aliphatic hydroxyl groups is 5. The van der Waals surface area contributed by atoms with E-state index in [0.29, 0.717) is 36.5 Å². The molecule has 0 aromatic carbocycles. The maximum absolute atomic E-state index is 13.5. The molecule has 3 aliphatic heterocycles. The minimum atomic E-state index is -1.95. The Labute approximate surface area is 283 Å². The summed E-state index contributed by atoms with van der Waals surface area (Å²) in [7, 11) is 0. The highest BCUT2D eigenvalue weighted by Gasteiger charge is 2.87. The Morgan fingerprint density at radius 3 is 2.23 bits per heavy atom. The van der Waals surface area contributed by atoms with Crippen LogP contribution in [0.3, 0.4) is 0 Å². The van der Waals surface area contributed by atoms with Crippen molar-refractivity contribution in [1.82, 2.24) is 4.90 Å². The quantitative estimate of drug-likeness (QED) is 0.219. The largest absolute Gasteiger partial charge is 0.453 e. The molecule has 268 valence electrons. The van der Waals surface area contributed by atoms with Gasteiger partial charge in [0.05, 0.1) is 23.4 Å². The van der Waals surface area contributed by atoms with Gasteiger partial charge in [0, 0.05) is 53.4 Å². The smallest absolute Gasteiger partial charge is 0.333 e. The maximum atomic E-state index is 13.5. The van der Waals surface area contributed by atoms with Crippen LogP contribution in [0.4, 0.5) is 0 Å². The Bertz CT molecular complexity index is 1430. The average Bonchev–Trinajstić information content (AvgIpc) is 3.31. The van der Waals surface area contributed by atoms with Gasteiger partial charge in [0.1, 0.15) is 5.60 Å². The van der Waals surface area contributed by atoms with E-state index in [-0.39, 0.29) is 18.9 Å². The Balaban J connectivity index is 1.36. The molecule has 16 atom stereocenters. The summed E-state index contributed by atoms with van der Waals surface area (Å²) in [6.45, 7) is 14.0. The van der Waals surface area contributed by atoms with Crippen LogP contribution in [-0.4, -0.2) is 109 Å². The third-order valence-corrected chi connectivity index (χ3v) is 14.8. The van der Waals surface area contributed by atoms with Gasteiger partial charge in [-0.3, -0.25) is 4.90 Å². The van der Waals surface area contributed by atoms with E-state index < -0.39 is 93.9 Å². The molecule has 4 bridgehead atoms. The number of hydrogen-bond acceptors (Lipinski definition) is 11. The van der Waals surface area contributed by atoms with Crippen molar-refractivity contribution in [3.8, 4) is 0 Å². The minimum absolute atomic E-state index is 0.0628. The number of piperidine rings is 2. The molecule has 0 aromatic rings. The Morgan fingerprint density at radius 1 is 0.938 bits per heavy atom. The molecule has 1 spiro atoms. The number of aliphatic hydroxyl groups excluding tert-OH is 2. The van der Waals surface area contributed by atoms with Crippen molar-refractivity contribution in [2.24, 2.45) is 40.9 Å². The van der Waals surface area contributed by atoms with Gasteiger partial charge in [0.2, 0.25) is 5.79 Å². The highest BCUT2D eigenvalue weighted by Crippen LogP contribution is 2.77. The Morgan fingerprint density at radius 2 is 1.58 bits per heavy atom. The van der Waals surface area contributed by atoms with E-state index in [0.717, 1.165) is 19.4 Å². The van der Waals surface area contributed by atoms with Crippen molar-refractivity contribution < 1.29 is 49.3 Å². The summed E-state index contributed by atoms with van der Waals surface area (Å²) < 4.78 is 18.9. The van der Waals surface area contributed by atoms with Gasteiger partial charge in [-0.05, 0) is 90.9 Å². The van der Waals surface area contributed by atoms with E-state index in [1.807, 2.05) is 6.92 Å². The van der Waals surface area contributed by atoms with Gasteiger partial charge in [-0.15, -0.1) is 0 Å². The zero-order valence-electron chi connectivity index (χ0n) is 29.4. The fourth-order valence-electron chi connectivity index (χ4n) is 12.3. The monoisotopic (exact) mass is 673 g/mol. The van der Waals surface area contributed by atoms with Crippen LogP contribution in [0.25, 0.3) is 0 Å². The van der Waals surface area contributed by atoms with Crippen LogP contribution in [0, 0.1) is 40.9 Å². The summed E-state index contributed by atoms with van der Waals surface area (Å²) >= 11 is 0. The number of hydrogen-bond donors (Lipinski definition) is 5. The normalized spacial score (nSPS) is 54.5. The molecule has 48 heavy (non-hydrogen) atoms. The second-order valence-corrected chi connectivity index (χ2v) is 17.0. The van der Waals surface area contributed by atoms with Crippen molar-refractivity contribution in [2.75, 3.05) is 13.1 Å². The molecule has 0 aromatic heterocycles. The van der Waals surface area contributed by atoms with Crippen LogP contribution in [0.2, 0.25) is 0 Å². The first kappa shape index (κ1) is 34.6. The molecular formula is C37H55NO10. The number of nitrogens with zero attached hydrogens (tertiary/aromatic N) is 1. The summed E-state index contributed by atoms with van der Waals surface area (Å²) in [5.41, 5.74) is -4.66. The molecule has 0 radical (unpaired) electrons. The van der Waals surface area contributed by atoms with Gasteiger partial charge in [-0.2, -0.15) is 0 Å². The van der Waals surface area contributed by atoms with E-state index >= 15 is 0 Å². The van der Waals surface area contributed by atoms with Gasteiger partial charge >= 0.3 is 11.9 Å². The first-order valence-electron chi connectivity index (χ1n) is 18.1. The number of esters is 2. The SMILES string of the molecule is CC=C(C)C(=O)OC1CCC2(C)C3CC(O)C4C5(O)C(CC42OC13O)C1CN2CC(C)CCC2C(C)(O)C1C(O)C5OC(=O)C(C)=CC. The molecular weight excluding hydrogens is 618 g/mol. The molecule has 7 aliphatic rings. The lowest BCUT2D eigenvalue weighted by Crippen LogP contribution is -2.77. The van der Waals surface area contributed by atoms with Crippen molar-refractivity contribution in [3.05, 3.63) is 23.3 Å². The molecule has 11 heteroatoms. The Hall–Kier alpha value is -1.86. The molecule has 7 fully saturated rings. The molecule has 4 aliphatic carbocycles. The highest BCUT2D eigenvalue weighted by atomic mass is 16.7.